The number of anilines is 1. The normalized spacial score (nSPS) is 19.6. The second-order valence-electron chi connectivity index (χ2n) is 8.24. The van der Waals surface area contributed by atoms with Crippen molar-refractivity contribution in [1.82, 2.24) is 4.98 Å². The molecule has 2 aromatic carbocycles. The van der Waals surface area contributed by atoms with Gasteiger partial charge in [0.25, 0.3) is 11.7 Å². The Balaban J connectivity index is 1.69. The van der Waals surface area contributed by atoms with Crippen molar-refractivity contribution in [2.75, 3.05) is 4.90 Å². The number of aliphatic hydroxyl groups is 1. The fourth-order valence-corrected chi connectivity index (χ4v) is 4.62. The number of aryl methyl sites for hydroxylation is 2. The van der Waals surface area contributed by atoms with Gasteiger partial charge in [0.15, 0.2) is 11.6 Å². The lowest BCUT2D eigenvalue weighted by Crippen LogP contribution is -2.29. The number of amides is 1. The zero-order chi connectivity index (χ0) is 23.1. The summed E-state index contributed by atoms with van der Waals surface area (Å²) in [5.74, 6) is -4.35. The molecule has 0 spiro atoms. The van der Waals surface area contributed by atoms with E-state index in [1.807, 2.05) is 12.1 Å². The number of rotatable bonds is 3. The Morgan fingerprint density at radius 2 is 1.76 bits per heavy atom. The fraction of sp³-hybridized carbons (Fsp3) is 0.192. The number of hydrogen-bond acceptors (Lipinski definition) is 4. The molecule has 1 saturated heterocycles. The third-order valence-corrected chi connectivity index (χ3v) is 6.25. The second-order valence-corrected chi connectivity index (χ2v) is 8.24. The van der Waals surface area contributed by atoms with Gasteiger partial charge in [0, 0.05) is 29.7 Å². The topological polar surface area (TPSA) is 70.5 Å². The molecule has 2 heterocycles. The summed E-state index contributed by atoms with van der Waals surface area (Å²) in [7, 11) is 0. The molecule has 1 atom stereocenters. The van der Waals surface area contributed by atoms with Crippen molar-refractivity contribution in [3.8, 4) is 0 Å². The van der Waals surface area contributed by atoms with E-state index in [-0.39, 0.29) is 17.0 Å². The molecular weight excluding hydrogens is 426 g/mol. The first-order valence-corrected chi connectivity index (χ1v) is 10.7. The van der Waals surface area contributed by atoms with Gasteiger partial charge in [0.2, 0.25) is 0 Å². The number of carbonyl (C=O) groups excluding carboxylic acids is 2. The molecule has 1 unspecified atom stereocenters. The summed E-state index contributed by atoms with van der Waals surface area (Å²) in [6.07, 6.45) is 7.02. The zero-order valence-corrected chi connectivity index (χ0v) is 17.6. The summed E-state index contributed by atoms with van der Waals surface area (Å²) < 4.78 is 27.5. The van der Waals surface area contributed by atoms with Crippen molar-refractivity contribution < 1.29 is 23.5 Å². The van der Waals surface area contributed by atoms with E-state index in [0.29, 0.717) is 11.1 Å². The molecule has 1 fully saturated rings. The molecule has 3 aromatic rings. The molecule has 166 valence electrons. The molecule has 7 heteroatoms. The van der Waals surface area contributed by atoms with Gasteiger partial charge in [0.1, 0.15) is 5.76 Å². The zero-order valence-electron chi connectivity index (χ0n) is 17.6. The Bertz CT molecular complexity index is 1300. The van der Waals surface area contributed by atoms with Gasteiger partial charge in [-0.3, -0.25) is 19.5 Å². The SMILES string of the molecule is O=C1C(=O)N(c2ccc(F)c(F)c2)C(c2cccnc2)/C1=C(/O)c1ccc2c(c1)CCCC2. The first-order valence-electron chi connectivity index (χ1n) is 10.7. The maximum absolute atomic E-state index is 14.0. The van der Waals surface area contributed by atoms with E-state index in [2.05, 4.69) is 4.98 Å². The first-order chi connectivity index (χ1) is 16.0. The number of aromatic nitrogens is 1. The van der Waals surface area contributed by atoms with E-state index < -0.39 is 29.4 Å². The van der Waals surface area contributed by atoms with Gasteiger partial charge in [-0.15, -0.1) is 0 Å². The number of pyridine rings is 1. The lowest BCUT2D eigenvalue weighted by molar-refractivity contribution is -0.132. The Morgan fingerprint density at radius 3 is 2.48 bits per heavy atom. The minimum atomic E-state index is -1.14. The van der Waals surface area contributed by atoms with Crippen LogP contribution in [0.25, 0.3) is 5.76 Å². The van der Waals surface area contributed by atoms with E-state index in [0.717, 1.165) is 48.3 Å². The fourth-order valence-electron chi connectivity index (χ4n) is 4.62. The first kappa shape index (κ1) is 21.0. The number of hydrogen-bond donors (Lipinski definition) is 1. The Kier molecular flexibility index (Phi) is 5.24. The predicted octanol–water partition coefficient (Wildman–Crippen LogP) is 4.86. The molecule has 1 N–H and O–H groups in total. The Hall–Kier alpha value is -3.87. The number of carbonyl (C=O) groups is 2. The molecule has 5 rings (SSSR count). The number of ketones is 1. The molecule has 1 aromatic heterocycles. The van der Waals surface area contributed by atoms with Crippen molar-refractivity contribution >= 4 is 23.1 Å². The summed E-state index contributed by atoms with van der Waals surface area (Å²) in [6, 6.07) is 10.8. The van der Waals surface area contributed by atoms with Crippen LogP contribution in [0.4, 0.5) is 14.5 Å². The molecule has 1 aliphatic heterocycles. The standard InChI is InChI=1S/C26H20F2N2O3/c27-20-10-9-19(13-21(20)28)30-23(18-6-3-11-29-14-18)22(25(32)26(30)33)24(31)17-8-7-15-4-1-2-5-16(15)12-17/h3,6-14,23,31H,1-2,4-5H2/b24-22-. The van der Waals surface area contributed by atoms with Crippen LogP contribution in [0.1, 0.15) is 41.1 Å². The lowest BCUT2D eigenvalue weighted by Gasteiger charge is -2.25. The van der Waals surface area contributed by atoms with Crippen molar-refractivity contribution in [2.45, 2.75) is 31.7 Å². The van der Waals surface area contributed by atoms with Gasteiger partial charge < -0.3 is 5.11 Å². The van der Waals surface area contributed by atoms with Gasteiger partial charge in [0.05, 0.1) is 11.6 Å². The van der Waals surface area contributed by atoms with E-state index in [4.69, 9.17) is 0 Å². The summed E-state index contributed by atoms with van der Waals surface area (Å²) in [5, 5.41) is 11.2. The van der Waals surface area contributed by atoms with Crippen molar-refractivity contribution in [3.63, 3.8) is 0 Å². The molecule has 0 saturated carbocycles. The third-order valence-electron chi connectivity index (χ3n) is 6.25. The van der Waals surface area contributed by atoms with Crippen LogP contribution < -0.4 is 4.90 Å². The molecular formula is C26H20F2N2O3. The van der Waals surface area contributed by atoms with Crippen molar-refractivity contribution in [2.24, 2.45) is 0 Å². The maximum atomic E-state index is 14.0. The Labute approximate surface area is 189 Å². The minimum absolute atomic E-state index is 0.00865. The van der Waals surface area contributed by atoms with Crippen molar-refractivity contribution in [1.29, 1.82) is 0 Å². The molecule has 1 aliphatic carbocycles. The van der Waals surface area contributed by atoms with Gasteiger partial charge in [-0.05, 0) is 66.6 Å². The van der Waals surface area contributed by atoms with Crippen LogP contribution in [0, 0.1) is 11.6 Å². The highest BCUT2D eigenvalue weighted by Gasteiger charge is 2.47. The number of benzene rings is 2. The smallest absolute Gasteiger partial charge is 0.300 e. The number of nitrogens with zero attached hydrogens (tertiary/aromatic N) is 2. The van der Waals surface area contributed by atoms with Crippen molar-refractivity contribution in [3.05, 3.63) is 100 Å². The highest BCUT2D eigenvalue weighted by molar-refractivity contribution is 6.51. The second kappa shape index (κ2) is 8.24. The van der Waals surface area contributed by atoms with E-state index >= 15 is 0 Å². The number of aliphatic hydroxyl groups excluding tert-OH is 1. The van der Waals surface area contributed by atoms with Gasteiger partial charge in [-0.1, -0.05) is 18.2 Å². The highest BCUT2D eigenvalue weighted by atomic mass is 19.2. The number of Topliss-reactive ketones (excluding diaryl/α,β-unsaturated/α-hetero) is 1. The van der Waals surface area contributed by atoms with E-state index in [1.54, 1.807) is 18.2 Å². The van der Waals surface area contributed by atoms with E-state index in [1.165, 1.54) is 24.0 Å². The monoisotopic (exact) mass is 446 g/mol. The maximum Gasteiger partial charge on any atom is 0.300 e. The molecule has 1 amide bonds. The number of halogens is 2. The summed E-state index contributed by atoms with van der Waals surface area (Å²) in [6.45, 7) is 0. The molecule has 0 radical (unpaired) electrons. The van der Waals surface area contributed by atoms with Crippen LogP contribution in [0.5, 0.6) is 0 Å². The molecule has 5 nitrogen and oxygen atoms in total. The average molecular weight is 446 g/mol. The molecule has 0 bridgehead atoms. The quantitative estimate of drug-likeness (QED) is 0.354. The van der Waals surface area contributed by atoms with Gasteiger partial charge >= 0.3 is 0 Å². The molecule has 33 heavy (non-hydrogen) atoms. The summed E-state index contributed by atoms with van der Waals surface area (Å²) >= 11 is 0. The summed E-state index contributed by atoms with van der Waals surface area (Å²) in [4.78, 5) is 31.3. The van der Waals surface area contributed by atoms with Gasteiger partial charge in [-0.25, -0.2) is 8.78 Å². The third kappa shape index (κ3) is 3.59. The van der Waals surface area contributed by atoms with Gasteiger partial charge in [-0.2, -0.15) is 0 Å². The predicted molar refractivity (Wildman–Crippen MR) is 118 cm³/mol. The average Bonchev–Trinajstić information content (AvgIpc) is 3.11. The summed E-state index contributed by atoms with van der Waals surface area (Å²) in [5.41, 5.74) is 3.11. The van der Waals surface area contributed by atoms with Crippen LogP contribution in [-0.4, -0.2) is 21.8 Å². The van der Waals surface area contributed by atoms with Crippen LogP contribution in [0.3, 0.4) is 0 Å². The van der Waals surface area contributed by atoms with Crippen LogP contribution in [-0.2, 0) is 22.4 Å². The highest BCUT2D eigenvalue weighted by Crippen LogP contribution is 2.42. The van der Waals surface area contributed by atoms with Crippen LogP contribution in [0.15, 0.2) is 66.5 Å². The minimum Gasteiger partial charge on any atom is -0.507 e. The van der Waals surface area contributed by atoms with E-state index in [9.17, 15) is 23.5 Å². The number of fused-ring (bicyclic) bond motifs is 1. The Morgan fingerprint density at radius 1 is 0.970 bits per heavy atom. The van der Waals surface area contributed by atoms with Crippen LogP contribution >= 0.6 is 0 Å². The van der Waals surface area contributed by atoms with Crippen LogP contribution in [0.2, 0.25) is 0 Å². The lowest BCUT2D eigenvalue weighted by atomic mass is 9.89. The molecule has 2 aliphatic rings. The largest absolute Gasteiger partial charge is 0.507 e.